The van der Waals surface area contributed by atoms with Crippen molar-refractivity contribution in [2.24, 2.45) is 0 Å². The molecule has 0 aromatic carbocycles. The molecule has 0 aliphatic carbocycles. The Hall–Kier alpha value is -1.32. The Morgan fingerprint density at radius 1 is 1.71 bits per heavy atom. The lowest BCUT2D eigenvalue weighted by atomic mass is 10.1. The second-order valence-corrected chi connectivity index (χ2v) is 3.17. The van der Waals surface area contributed by atoms with Gasteiger partial charge in [0.05, 0.1) is 0 Å². The van der Waals surface area contributed by atoms with Gasteiger partial charge in [0.2, 0.25) is 0 Å². The summed E-state index contributed by atoms with van der Waals surface area (Å²) in [6.07, 6.45) is 3.76. The largest absolute Gasteiger partial charge is 0.458 e. The Morgan fingerprint density at radius 3 is 2.86 bits per heavy atom. The number of hydrogen-bond donors (Lipinski definition) is 0. The first-order chi connectivity index (χ1) is 6.63. The second kappa shape index (κ2) is 4.79. The minimum atomic E-state index is -0.441. The predicted molar refractivity (Wildman–Crippen MR) is 49.5 cm³/mol. The molecule has 0 aromatic rings. The number of ether oxygens (including phenoxy) is 2. The van der Waals surface area contributed by atoms with Gasteiger partial charge in [0.25, 0.3) is 0 Å². The molecule has 1 aliphatic heterocycles. The Balaban J connectivity index is 2.58. The third kappa shape index (κ3) is 2.87. The summed E-state index contributed by atoms with van der Waals surface area (Å²) in [5.74, 6) is -0.590. The smallest absolute Gasteiger partial charge is 0.306 e. The highest BCUT2D eigenvalue weighted by Crippen LogP contribution is 2.20. The van der Waals surface area contributed by atoms with Gasteiger partial charge in [0, 0.05) is 13.3 Å². The zero-order valence-corrected chi connectivity index (χ0v) is 8.36. The van der Waals surface area contributed by atoms with Crippen molar-refractivity contribution >= 4 is 11.9 Å². The average molecular weight is 198 g/mol. The molecule has 1 saturated heterocycles. The van der Waals surface area contributed by atoms with Crippen LogP contribution < -0.4 is 0 Å². The molecule has 4 nitrogen and oxygen atoms in total. The maximum atomic E-state index is 10.9. The monoisotopic (exact) mass is 198 g/mol. The second-order valence-electron chi connectivity index (χ2n) is 3.17. The number of carbonyl (C=O) groups excluding carboxylic acids is 2. The number of hydrogen-bond acceptors (Lipinski definition) is 4. The van der Waals surface area contributed by atoms with Crippen molar-refractivity contribution in [3.63, 3.8) is 0 Å². The molecule has 0 amide bonds. The summed E-state index contributed by atoms with van der Waals surface area (Å²) in [6, 6.07) is 0. The van der Waals surface area contributed by atoms with E-state index in [1.54, 1.807) is 12.2 Å². The average Bonchev–Trinajstić information content (AvgIpc) is 2.50. The molecule has 4 heteroatoms. The van der Waals surface area contributed by atoms with E-state index >= 15 is 0 Å². The van der Waals surface area contributed by atoms with Crippen LogP contribution in [0.2, 0.25) is 0 Å². The maximum absolute atomic E-state index is 10.9. The van der Waals surface area contributed by atoms with Crippen LogP contribution in [0, 0.1) is 0 Å². The van der Waals surface area contributed by atoms with Crippen molar-refractivity contribution in [3.05, 3.63) is 12.2 Å². The molecule has 78 valence electrons. The van der Waals surface area contributed by atoms with E-state index in [0.29, 0.717) is 12.8 Å². The van der Waals surface area contributed by atoms with Crippen LogP contribution in [0.5, 0.6) is 0 Å². The molecule has 2 unspecified atom stereocenters. The molecule has 0 saturated carbocycles. The first-order valence-corrected chi connectivity index (χ1v) is 4.63. The van der Waals surface area contributed by atoms with Crippen LogP contribution in [0.3, 0.4) is 0 Å². The lowest BCUT2D eigenvalue weighted by Crippen LogP contribution is -2.28. The highest BCUT2D eigenvalue weighted by molar-refractivity contribution is 5.72. The molecule has 1 heterocycles. The Morgan fingerprint density at radius 2 is 2.43 bits per heavy atom. The fourth-order valence-electron chi connectivity index (χ4n) is 1.40. The zero-order chi connectivity index (χ0) is 10.6. The van der Waals surface area contributed by atoms with Crippen molar-refractivity contribution in [1.29, 1.82) is 0 Å². The Kier molecular flexibility index (Phi) is 3.68. The van der Waals surface area contributed by atoms with Gasteiger partial charge in [-0.15, -0.1) is 0 Å². The summed E-state index contributed by atoms with van der Waals surface area (Å²) in [5, 5.41) is 0. The topological polar surface area (TPSA) is 52.6 Å². The van der Waals surface area contributed by atoms with Crippen LogP contribution in [-0.4, -0.2) is 24.1 Å². The minimum Gasteiger partial charge on any atom is -0.458 e. The van der Waals surface area contributed by atoms with E-state index in [4.69, 9.17) is 9.47 Å². The molecule has 0 N–H and O–H groups in total. The molecule has 1 fully saturated rings. The van der Waals surface area contributed by atoms with Crippen LogP contribution in [0.25, 0.3) is 0 Å². The molecule has 1 rings (SSSR count). The van der Waals surface area contributed by atoms with Gasteiger partial charge >= 0.3 is 11.9 Å². The van der Waals surface area contributed by atoms with E-state index in [0.717, 1.165) is 0 Å². The third-order valence-electron chi connectivity index (χ3n) is 1.97. The highest BCUT2D eigenvalue weighted by Gasteiger charge is 2.31. The van der Waals surface area contributed by atoms with E-state index in [1.807, 2.05) is 6.92 Å². The molecule has 14 heavy (non-hydrogen) atoms. The first-order valence-electron chi connectivity index (χ1n) is 4.63. The molecule has 2 atom stereocenters. The van der Waals surface area contributed by atoms with Crippen molar-refractivity contribution in [2.45, 2.75) is 38.9 Å². The van der Waals surface area contributed by atoms with Crippen molar-refractivity contribution in [2.75, 3.05) is 0 Å². The van der Waals surface area contributed by atoms with Crippen LogP contribution in [0.15, 0.2) is 12.2 Å². The number of esters is 2. The summed E-state index contributed by atoms with van der Waals surface area (Å²) < 4.78 is 10.0. The first kappa shape index (κ1) is 10.8. The number of allylic oxidation sites excluding steroid dienone is 1. The van der Waals surface area contributed by atoms with Gasteiger partial charge in [-0.1, -0.05) is 6.08 Å². The Labute approximate surface area is 82.9 Å². The summed E-state index contributed by atoms with van der Waals surface area (Å²) in [5.41, 5.74) is 0. The summed E-state index contributed by atoms with van der Waals surface area (Å²) in [4.78, 5) is 21.6. The van der Waals surface area contributed by atoms with Crippen LogP contribution in [-0.2, 0) is 19.1 Å². The maximum Gasteiger partial charge on any atom is 0.306 e. The van der Waals surface area contributed by atoms with Crippen LogP contribution >= 0.6 is 0 Å². The number of cyclic esters (lactones) is 1. The van der Waals surface area contributed by atoms with E-state index in [-0.39, 0.29) is 18.0 Å². The SMILES string of the molecule is CC=CC(OC(C)=O)C1CCC(=O)O1. The highest BCUT2D eigenvalue weighted by atomic mass is 16.6. The Bertz CT molecular complexity index is 257. The van der Waals surface area contributed by atoms with Gasteiger partial charge in [0.1, 0.15) is 6.10 Å². The predicted octanol–water partition coefficient (Wildman–Crippen LogP) is 1.20. The van der Waals surface area contributed by atoms with Crippen LogP contribution in [0.1, 0.15) is 26.7 Å². The third-order valence-corrected chi connectivity index (χ3v) is 1.97. The molecule has 0 bridgehead atoms. The summed E-state index contributed by atoms with van der Waals surface area (Å²) in [6.45, 7) is 3.17. The summed E-state index contributed by atoms with van der Waals surface area (Å²) >= 11 is 0. The standard InChI is InChI=1S/C10H14O4/c1-3-4-8(13-7(2)11)9-5-6-10(12)14-9/h3-4,8-9H,5-6H2,1-2H3. The normalized spacial score (nSPS) is 23.6. The lowest BCUT2D eigenvalue weighted by Gasteiger charge is -2.18. The lowest BCUT2D eigenvalue weighted by molar-refractivity contribution is -0.156. The van der Waals surface area contributed by atoms with E-state index in [1.165, 1.54) is 6.92 Å². The van der Waals surface area contributed by atoms with Gasteiger partial charge < -0.3 is 9.47 Å². The van der Waals surface area contributed by atoms with Crippen molar-refractivity contribution < 1.29 is 19.1 Å². The van der Waals surface area contributed by atoms with Crippen molar-refractivity contribution in [1.82, 2.24) is 0 Å². The van der Waals surface area contributed by atoms with Crippen molar-refractivity contribution in [3.8, 4) is 0 Å². The summed E-state index contributed by atoms with van der Waals surface area (Å²) in [7, 11) is 0. The van der Waals surface area contributed by atoms with E-state index < -0.39 is 6.10 Å². The van der Waals surface area contributed by atoms with Gasteiger partial charge in [-0.3, -0.25) is 9.59 Å². The minimum absolute atomic E-state index is 0.225. The fourth-order valence-corrected chi connectivity index (χ4v) is 1.40. The molecule has 1 aliphatic rings. The molecule has 0 spiro atoms. The van der Waals surface area contributed by atoms with Gasteiger partial charge in [0.15, 0.2) is 6.10 Å². The van der Waals surface area contributed by atoms with E-state index in [2.05, 4.69) is 0 Å². The molecular weight excluding hydrogens is 184 g/mol. The molecule has 0 aromatic heterocycles. The van der Waals surface area contributed by atoms with Gasteiger partial charge in [-0.25, -0.2) is 0 Å². The van der Waals surface area contributed by atoms with Crippen LogP contribution in [0.4, 0.5) is 0 Å². The van der Waals surface area contributed by atoms with Gasteiger partial charge in [-0.05, 0) is 19.4 Å². The fraction of sp³-hybridized carbons (Fsp3) is 0.600. The quantitative estimate of drug-likeness (QED) is 0.505. The van der Waals surface area contributed by atoms with E-state index in [9.17, 15) is 9.59 Å². The molecule has 0 radical (unpaired) electrons. The molecular formula is C10H14O4. The van der Waals surface area contributed by atoms with Gasteiger partial charge in [-0.2, -0.15) is 0 Å². The zero-order valence-electron chi connectivity index (χ0n) is 8.36. The number of carbonyl (C=O) groups is 2. The number of rotatable bonds is 3.